The van der Waals surface area contributed by atoms with Crippen molar-refractivity contribution in [1.29, 1.82) is 0 Å². The van der Waals surface area contributed by atoms with Crippen molar-refractivity contribution in [2.75, 3.05) is 6.61 Å². The number of halogens is 2. The molecule has 1 aliphatic rings. The third-order valence-electron chi connectivity index (χ3n) is 3.81. The molecule has 7 heteroatoms. The number of benzene rings is 1. The highest BCUT2D eigenvalue weighted by atomic mass is 79.9. The number of nitrogens with one attached hydrogen (secondary N) is 1. The van der Waals surface area contributed by atoms with Crippen molar-refractivity contribution >= 4 is 27.7 Å². The average molecular weight is 373 g/mol. The number of amides is 2. The topological polar surface area (TPSA) is 81.4 Å². The number of rotatable bonds is 5. The summed E-state index contributed by atoms with van der Waals surface area (Å²) >= 11 is 3.14. The van der Waals surface area contributed by atoms with Crippen LogP contribution in [0, 0.1) is 5.82 Å². The lowest BCUT2D eigenvalue weighted by atomic mass is 9.81. The Balaban J connectivity index is 1.95. The predicted octanol–water partition coefficient (Wildman–Crippen LogP) is 2.27. The molecule has 1 aromatic carbocycles. The molecule has 1 saturated carbocycles. The molecule has 1 aliphatic carbocycles. The minimum Gasteiger partial charge on any atom is -0.481 e. The summed E-state index contributed by atoms with van der Waals surface area (Å²) in [5.41, 5.74) is 4.44. The minimum atomic E-state index is -1.00. The van der Waals surface area contributed by atoms with Gasteiger partial charge in [0.25, 0.3) is 5.91 Å². The third kappa shape index (κ3) is 3.97. The van der Waals surface area contributed by atoms with E-state index >= 15 is 0 Å². The van der Waals surface area contributed by atoms with Crippen molar-refractivity contribution in [3.05, 3.63) is 28.5 Å². The molecule has 0 bridgehead atoms. The van der Waals surface area contributed by atoms with Gasteiger partial charge in [0.2, 0.25) is 5.91 Å². The molecule has 5 nitrogen and oxygen atoms in total. The molecular formula is C15H18BrFN2O3. The van der Waals surface area contributed by atoms with Crippen LogP contribution in [0.4, 0.5) is 4.39 Å². The van der Waals surface area contributed by atoms with E-state index in [-0.39, 0.29) is 12.4 Å². The summed E-state index contributed by atoms with van der Waals surface area (Å²) in [6.45, 7) is -0.367. The molecule has 0 aromatic heterocycles. The number of hydrogen-bond acceptors (Lipinski definition) is 3. The van der Waals surface area contributed by atoms with Crippen molar-refractivity contribution < 1.29 is 18.7 Å². The Hall–Kier alpha value is -1.63. The van der Waals surface area contributed by atoms with Gasteiger partial charge in [-0.15, -0.1) is 0 Å². The van der Waals surface area contributed by atoms with E-state index < -0.39 is 23.2 Å². The summed E-state index contributed by atoms with van der Waals surface area (Å²) in [5, 5.41) is 2.66. The van der Waals surface area contributed by atoms with Crippen molar-refractivity contribution in [3.63, 3.8) is 0 Å². The average Bonchev–Trinajstić information content (AvgIpc) is 2.47. The first-order valence-corrected chi connectivity index (χ1v) is 7.91. The number of hydrogen-bond donors (Lipinski definition) is 2. The standard InChI is InChI=1S/C15H18BrFN2O3/c16-10-4-5-12(11(17)8-10)22-9-13(20)19-15(14(18)21)6-2-1-3-7-15/h4-5,8H,1-3,6-7,9H2,(H2,18,21)(H,19,20). The van der Waals surface area contributed by atoms with Crippen molar-refractivity contribution in [2.45, 2.75) is 37.6 Å². The van der Waals surface area contributed by atoms with Crippen LogP contribution in [0.3, 0.4) is 0 Å². The van der Waals surface area contributed by atoms with E-state index in [0.29, 0.717) is 17.3 Å². The Morgan fingerprint density at radius 1 is 1.32 bits per heavy atom. The van der Waals surface area contributed by atoms with Crippen LogP contribution in [0.1, 0.15) is 32.1 Å². The highest BCUT2D eigenvalue weighted by Gasteiger charge is 2.39. The van der Waals surface area contributed by atoms with Crippen LogP contribution in [0.5, 0.6) is 5.75 Å². The molecule has 0 radical (unpaired) electrons. The molecule has 0 saturated heterocycles. The first-order chi connectivity index (χ1) is 10.4. The Morgan fingerprint density at radius 3 is 2.59 bits per heavy atom. The summed E-state index contributed by atoms with van der Waals surface area (Å²) in [5.74, 6) is -1.60. The predicted molar refractivity (Wildman–Crippen MR) is 82.7 cm³/mol. The molecule has 0 spiro atoms. The monoisotopic (exact) mass is 372 g/mol. The molecule has 22 heavy (non-hydrogen) atoms. The Morgan fingerprint density at radius 2 is 2.00 bits per heavy atom. The fourth-order valence-electron chi connectivity index (χ4n) is 2.63. The SMILES string of the molecule is NC(=O)C1(NC(=O)COc2ccc(Br)cc2F)CCCCC1. The molecule has 3 N–H and O–H groups in total. The van der Waals surface area contributed by atoms with Gasteiger partial charge >= 0.3 is 0 Å². The van der Waals surface area contributed by atoms with Gasteiger partial charge in [0.05, 0.1) is 0 Å². The summed E-state index contributed by atoms with van der Waals surface area (Å²) in [6.07, 6.45) is 3.75. The van der Waals surface area contributed by atoms with Crippen molar-refractivity contribution in [2.24, 2.45) is 5.73 Å². The lowest BCUT2D eigenvalue weighted by Crippen LogP contribution is -2.59. The molecule has 1 aromatic rings. The number of nitrogens with two attached hydrogens (primary N) is 1. The molecular weight excluding hydrogens is 355 g/mol. The van der Waals surface area contributed by atoms with Gasteiger partial charge < -0.3 is 15.8 Å². The maximum atomic E-state index is 13.6. The van der Waals surface area contributed by atoms with Gasteiger partial charge in [-0.05, 0) is 31.0 Å². The first kappa shape index (κ1) is 16.7. The highest BCUT2D eigenvalue weighted by Crippen LogP contribution is 2.28. The van der Waals surface area contributed by atoms with Crippen LogP contribution >= 0.6 is 15.9 Å². The van der Waals surface area contributed by atoms with E-state index in [0.717, 1.165) is 19.3 Å². The smallest absolute Gasteiger partial charge is 0.258 e. The van der Waals surface area contributed by atoms with Crippen LogP contribution in [0.25, 0.3) is 0 Å². The maximum Gasteiger partial charge on any atom is 0.258 e. The van der Waals surface area contributed by atoms with Crippen LogP contribution in [0.2, 0.25) is 0 Å². The van der Waals surface area contributed by atoms with E-state index in [1.54, 1.807) is 6.07 Å². The van der Waals surface area contributed by atoms with Gasteiger partial charge in [-0.25, -0.2) is 4.39 Å². The van der Waals surface area contributed by atoms with Gasteiger partial charge in [0, 0.05) is 4.47 Å². The molecule has 2 amide bonds. The maximum absolute atomic E-state index is 13.6. The fraction of sp³-hybridized carbons (Fsp3) is 0.467. The van der Waals surface area contributed by atoms with Gasteiger partial charge in [-0.1, -0.05) is 35.2 Å². The van der Waals surface area contributed by atoms with Crippen LogP contribution < -0.4 is 15.8 Å². The number of carbonyl (C=O) groups is 2. The molecule has 120 valence electrons. The van der Waals surface area contributed by atoms with E-state index in [1.165, 1.54) is 12.1 Å². The molecule has 0 atom stereocenters. The van der Waals surface area contributed by atoms with Crippen molar-refractivity contribution in [1.82, 2.24) is 5.32 Å². The summed E-state index contributed by atoms with van der Waals surface area (Å²) in [4.78, 5) is 23.7. The van der Waals surface area contributed by atoms with Gasteiger partial charge in [0.15, 0.2) is 18.2 Å². The quantitative estimate of drug-likeness (QED) is 0.831. The zero-order valence-corrected chi connectivity index (χ0v) is 13.6. The highest BCUT2D eigenvalue weighted by molar-refractivity contribution is 9.10. The summed E-state index contributed by atoms with van der Waals surface area (Å²) in [7, 11) is 0. The number of ether oxygens (including phenoxy) is 1. The zero-order chi connectivity index (χ0) is 16.2. The summed E-state index contributed by atoms with van der Waals surface area (Å²) in [6, 6.07) is 4.29. The van der Waals surface area contributed by atoms with Crippen LogP contribution in [0.15, 0.2) is 22.7 Å². The third-order valence-corrected chi connectivity index (χ3v) is 4.30. The van der Waals surface area contributed by atoms with E-state index in [9.17, 15) is 14.0 Å². The molecule has 0 aliphatic heterocycles. The zero-order valence-electron chi connectivity index (χ0n) is 12.0. The van der Waals surface area contributed by atoms with E-state index in [2.05, 4.69) is 21.2 Å². The second kappa shape index (κ2) is 7.09. The van der Waals surface area contributed by atoms with Crippen molar-refractivity contribution in [3.8, 4) is 5.75 Å². The summed E-state index contributed by atoms with van der Waals surface area (Å²) < 4.78 is 19.3. The Kier molecular flexibility index (Phi) is 5.39. The normalized spacial score (nSPS) is 16.8. The van der Waals surface area contributed by atoms with E-state index in [4.69, 9.17) is 10.5 Å². The van der Waals surface area contributed by atoms with E-state index in [1.807, 2.05) is 0 Å². The number of carbonyl (C=O) groups excluding carboxylic acids is 2. The Labute approximate surface area is 136 Å². The van der Waals surface area contributed by atoms with Gasteiger partial charge in [-0.3, -0.25) is 9.59 Å². The fourth-order valence-corrected chi connectivity index (χ4v) is 2.96. The van der Waals surface area contributed by atoms with Gasteiger partial charge in [-0.2, -0.15) is 0 Å². The molecule has 0 heterocycles. The van der Waals surface area contributed by atoms with Gasteiger partial charge in [0.1, 0.15) is 5.54 Å². The number of primary amides is 1. The lowest BCUT2D eigenvalue weighted by molar-refractivity contribution is -0.134. The molecule has 2 rings (SSSR count). The molecule has 1 fully saturated rings. The second-order valence-corrected chi connectivity index (χ2v) is 6.33. The van der Waals surface area contributed by atoms with Crippen LogP contribution in [-0.4, -0.2) is 24.0 Å². The first-order valence-electron chi connectivity index (χ1n) is 7.12. The largest absolute Gasteiger partial charge is 0.481 e. The molecule has 0 unspecified atom stereocenters. The minimum absolute atomic E-state index is 0.0184. The van der Waals surface area contributed by atoms with Crippen LogP contribution in [-0.2, 0) is 9.59 Å². The lowest BCUT2D eigenvalue weighted by Gasteiger charge is -2.35. The Bertz CT molecular complexity index is 574. The second-order valence-electron chi connectivity index (χ2n) is 5.42.